The first-order valence-electron chi connectivity index (χ1n) is 10.3. The van der Waals surface area contributed by atoms with Gasteiger partial charge in [-0.2, -0.15) is 0 Å². The molecular weight excluding hydrogens is 364 g/mol. The number of nitrogens with one attached hydrogen (secondary N) is 1. The first-order chi connectivity index (χ1) is 14.0. The Morgan fingerprint density at radius 2 is 1.69 bits per heavy atom. The highest BCUT2D eigenvalue weighted by atomic mass is 16.5. The Kier molecular flexibility index (Phi) is 7.55. The van der Waals surface area contributed by atoms with Gasteiger partial charge in [0, 0.05) is 44.6 Å². The van der Waals surface area contributed by atoms with Crippen molar-refractivity contribution in [2.24, 2.45) is 0 Å². The zero-order valence-electron chi connectivity index (χ0n) is 17.4. The molecule has 1 amide bonds. The van der Waals surface area contributed by atoms with Crippen molar-refractivity contribution < 1.29 is 14.3 Å². The quantitative estimate of drug-likeness (QED) is 0.697. The lowest BCUT2D eigenvalue weighted by Gasteiger charge is -2.27. The minimum atomic E-state index is -0.0941. The normalized spacial score (nSPS) is 14.6. The molecule has 0 radical (unpaired) electrons. The molecule has 0 spiro atoms. The van der Waals surface area contributed by atoms with Crippen LogP contribution in [-0.2, 0) is 22.6 Å². The van der Waals surface area contributed by atoms with Crippen molar-refractivity contribution in [3.63, 3.8) is 0 Å². The summed E-state index contributed by atoms with van der Waals surface area (Å²) >= 11 is 0. The third kappa shape index (κ3) is 6.24. The standard InChI is InChI=1S/C24H30N2O3/c1-18-7-8-20(15-19(18)2)23(27)9-10-24(28)25-16-21-5-3-4-6-22(21)17-26-11-13-29-14-12-26/h3-8,15H,9-14,16-17H2,1-2H3,(H,25,28). The molecule has 2 aromatic rings. The van der Waals surface area contributed by atoms with Crippen molar-refractivity contribution in [3.05, 3.63) is 70.3 Å². The van der Waals surface area contributed by atoms with Crippen LogP contribution >= 0.6 is 0 Å². The van der Waals surface area contributed by atoms with Crippen LogP contribution in [0.3, 0.4) is 0 Å². The summed E-state index contributed by atoms with van der Waals surface area (Å²) in [6.45, 7) is 8.77. The number of hydrogen-bond acceptors (Lipinski definition) is 4. The zero-order valence-corrected chi connectivity index (χ0v) is 17.4. The highest BCUT2D eigenvalue weighted by Gasteiger charge is 2.14. The fourth-order valence-electron chi connectivity index (χ4n) is 3.45. The highest BCUT2D eigenvalue weighted by molar-refractivity contribution is 5.98. The van der Waals surface area contributed by atoms with Crippen molar-refractivity contribution in [3.8, 4) is 0 Å². The number of rotatable bonds is 8. The van der Waals surface area contributed by atoms with Crippen LogP contribution in [-0.4, -0.2) is 42.9 Å². The van der Waals surface area contributed by atoms with Crippen molar-refractivity contribution in [1.29, 1.82) is 0 Å². The maximum Gasteiger partial charge on any atom is 0.220 e. The van der Waals surface area contributed by atoms with E-state index >= 15 is 0 Å². The van der Waals surface area contributed by atoms with Crippen molar-refractivity contribution in [1.82, 2.24) is 10.2 Å². The summed E-state index contributed by atoms with van der Waals surface area (Å²) in [5, 5.41) is 2.97. The molecule has 1 heterocycles. The van der Waals surface area contributed by atoms with Gasteiger partial charge in [0.1, 0.15) is 0 Å². The summed E-state index contributed by atoms with van der Waals surface area (Å²) in [4.78, 5) is 27.0. The first kappa shape index (κ1) is 21.2. The van der Waals surface area contributed by atoms with Gasteiger partial charge in [0.25, 0.3) is 0 Å². The Morgan fingerprint density at radius 1 is 0.966 bits per heavy atom. The van der Waals surface area contributed by atoms with Crippen LogP contribution in [0, 0.1) is 13.8 Å². The number of ether oxygens (including phenoxy) is 1. The van der Waals surface area contributed by atoms with E-state index in [4.69, 9.17) is 4.74 Å². The van der Waals surface area contributed by atoms with Crippen LogP contribution in [0.4, 0.5) is 0 Å². The highest BCUT2D eigenvalue weighted by Crippen LogP contribution is 2.14. The van der Waals surface area contributed by atoms with E-state index in [-0.39, 0.29) is 24.5 Å². The largest absolute Gasteiger partial charge is 0.379 e. The molecule has 2 aromatic carbocycles. The van der Waals surface area contributed by atoms with E-state index < -0.39 is 0 Å². The van der Waals surface area contributed by atoms with Gasteiger partial charge in [-0.3, -0.25) is 14.5 Å². The second-order valence-corrected chi connectivity index (χ2v) is 7.66. The molecule has 1 saturated heterocycles. The lowest BCUT2D eigenvalue weighted by Crippen LogP contribution is -2.36. The lowest BCUT2D eigenvalue weighted by atomic mass is 10.0. The predicted octanol–water partition coefficient (Wildman–Crippen LogP) is 3.41. The molecule has 0 unspecified atom stereocenters. The van der Waals surface area contributed by atoms with Gasteiger partial charge in [-0.05, 0) is 42.2 Å². The maximum absolute atomic E-state index is 12.4. The lowest BCUT2D eigenvalue weighted by molar-refractivity contribution is -0.121. The Balaban J connectivity index is 1.49. The third-order valence-electron chi connectivity index (χ3n) is 5.50. The third-order valence-corrected chi connectivity index (χ3v) is 5.50. The second-order valence-electron chi connectivity index (χ2n) is 7.66. The van der Waals surface area contributed by atoms with E-state index in [0.717, 1.165) is 49.5 Å². The van der Waals surface area contributed by atoms with Crippen LogP contribution in [0.25, 0.3) is 0 Å². The minimum Gasteiger partial charge on any atom is -0.379 e. The van der Waals surface area contributed by atoms with Gasteiger partial charge in [0.15, 0.2) is 5.78 Å². The van der Waals surface area contributed by atoms with Gasteiger partial charge in [-0.1, -0.05) is 36.4 Å². The smallest absolute Gasteiger partial charge is 0.220 e. The van der Waals surface area contributed by atoms with E-state index in [1.807, 2.05) is 44.2 Å². The topological polar surface area (TPSA) is 58.6 Å². The van der Waals surface area contributed by atoms with E-state index in [2.05, 4.69) is 22.3 Å². The second kappa shape index (κ2) is 10.3. The zero-order chi connectivity index (χ0) is 20.6. The van der Waals surface area contributed by atoms with Crippen molar-refractivity contribution in [2.45, 2.75) is 39.8 Å². The van der Waals surface area contributed by atoms with Gasteiger partial charge >= 0.3 is 0 Å². The predicted molar refractivity (Wildman–Crippen MR) is 114 cm³/mol. The molecule has 5 heteroatoms. The van der Waals surface area contributed by atoms with Gasteiger partial charge in [0.05, 0.1) is 13.2 Å². The number of ketones is 1. The van der Waals surface area contributed by atoms with Gasteiger partial charge in [-0.15, -0.1) is 0 Å². The number of benzene rings is 2. The molecule has 1 N–H and O–H groups in total. The molecule has 0 bridgehead atoms. The number of aryl methyl sites for hydroxylation is 2. The molecule has 1 aliphatic rings. The van der Waals surface area contributed by atoms with Gasteiger partial charge < -0.3 is 10.1 Å². The molecule has 0 aliphatic carbocycles. The van der Waals surface area contributed by atoms with Crippen molar-refractivity contribution in [2.75, 3.05) is 26.3 Å². The number of hydrogen-bond donors (Lipinski definition) is 1. The molecule has 5 nitrogen and oxygen atoms in total. The van der Waals surface area contributed by atoms with Crippen LogP contribution < -0.4 is 5.32 Å². The fourth-order valence-corrected chi connectivity index (χ4v) is 3.45. The summed E-state index contributed by atoms with van der Waals surface area (Å²) in [7, 11) is 0. The van der Waals surface area contributed by atoms with Gasteiger partial charge in [0.2, 0.25) is 5.91 Å². The monoisotopic (exact) mass is 394 g/mol. The Labute approximate surface area is 173 Å². The Bertz CT molecular complexity index is 857. The summed E-state index contributed by atoms with van der Waals surface area (Å²) in [5.74, 6) is -0.0840. The summed E-state index contributed by atoms with van der Waals surface area (Å²) in [6.07, 6.45) is 0.432. The van der Waals surface area contributed by atoms with Crippen LogP contribution in [0.1, 0.15) is 45.5 Å². The van der Waals surface area contributed by atoms with E-state index in [0.29, 0.717) is 12.1 Å². The average molecular weight is 395 g/mol. The molecule has 0 aromatic heterocycles. The van der Waals surface area contributed by atoms with E-state index in [9.17, 15) is 9.59 Å². The fraction of sp³-hybridized carbons (Fsp3) is 0.417. The number of carbonyl (C=O) groups is 2. The SMILES string of the molecule is Cc1ccc(C(=O)CCC(=O)NCc2ccccc2CN2CCOCC2)cc1C. The molecular formula is C24H30N2O3. The minimum absolute atomic E-state index is 0.0102. The Morgan fingerprint density at radius 3 is 2.41 bits per heavy atom. The van der Waals surface area contributed by atoms with Crippen LogP contribution in [0.15, 0.2) is 42.5 Å². The van der Waals surface area contributed by atoms with Crippen LogP contribution in [0.2, 0.25) is 0 Å². The number of amides is 1. The first-order valence-corrected chi connectivity index (χ1v) is 10.3. The van der Waals surface area contributed by atoms with Gasteiger partial charge in [-0.25, -0.2) is 0 Å². The summed E-state index contributed by atoms with van der Waals surface area (Å²) in [5.41, 5.74) is 5.28. The molecule has 1 fully saturated rings. The molecule has 0 saturated carbocycles. The molecule has 0 atom stereocenters. The number of nitrogens with zero attached hydrogens (tertiary/aromatic N) is 1. The van der Waals surface area contributed by atoms with Crippen LogP contribution in [0.5, 0.6) is 0 Å². The van der Waals surface area contributed by atoms with E-state index in [1.165, 1.54) is 5.56 Å². The Hall–Kier alpha value is -2.50. The van der Waals surface area contributed by atoms with E-state index in [1.54, 1.807) is 0 Å². The molecule has 154 valence electrons. The molecule has 1 aliphatic heterocycles. The average Bonchev–Trinajstić information content (AvgIpc) is 2.74. The maximum atomic E-state index is 12.4. The number of Topliss-reactive ketones (excluding diaryl/α,β-unsaturated/α-hetero) is 1. The molecule has 3 rings (SSSR count). The number of morpholine rings is 1. The number of carbonyl (C=O) groups excluding carboxylic acids is 2. The van der Waals surface area contributed by atoms with Crippen molar-refractivity contribution >= 4 is 11.7 Å². The summed E-state index contributed by atoms with van der Waals surface area (Å²) < 4.78 is 5.41. The summed E-state index contributed by atoms with van der Waals surface area (Å²) in [6, 6.07) is 13.9. The molecule has 29 heavy (non-hydrogen) atoms.